The van der Waals surface area contributed by atoms with Gasteiger partial charge in [0.1, 0.15) is 5.82 Å². The molecule has 20 heavy (non-hydrogen) atoms. The van der Waals surface area contributed by atoms with Gasteiger partial charge in [-0.05, 0) is 56.2 Å². The van der Waals surface area contributed by atoms with Crippen LogP contribution in [0.3, 0.4) is 0 Å². The van der Waals surface area contributed by atoms with E-state index in [1.165, 1.54) is 44.2 Å². The van der Waals surface area contributed by atoms with E-state index in [-0.39, 0.29) is 0 Å². The van der Waals surface area contributed by atoms with Gasteiger partial charge in [-0.1, -0.05) is 19.4 Å². The molecule has 0 amide bonds. The van der Waals surface area contributed by atoms with Gasteiger partial charge in [-0.15, -0.1) is 0 Å². The molecule has 1 aromatic heterocycles. The minimum Gasteiger partial charge on any atom is -0.370 e. The maximum atomic E-state index is 4.53. The van der Waals surface area contributed by atoms with Gasteiger partial charge in [-0.2, -0.15) is 0 Å². The summed E-state index contributed by atoms with van der Waals surface area (Å²) < 4.78 is 0. The van der Waals surface area contributed by atoms with Crippen LogP contribution in [0.5, 0.6) is 0 Å². The number of fused-ring (bicyclic) bond motifs is 1. The van der Waals surface area contributed by atoms with E-state index in [0.29, 0.717) is 0 Å². The average Bonchev–Trinajstić information content (AvgIpc) is 2.96. The van der Waals surface area contributed by atoms with Crippen molar-refractivity contribution in [3.05, 3.63) is 23.9 Å². The number of rotatable bonds is 5. The Morgan fingerprint density at radius 3 is 2.95 bits per heavy atom. The van der Waals surface area contributed by atoms with E-state index < -0.39 is 0 Å². The molecule has 0 spiro atoms. The number of nitrogens with zero attached hydrogens (tertiary/aromatic N) is 2. The summed E-state index contributed by atoms with van der Waals surface area (Å²) in [5.41, 5.74) is 1.36. The van der Waals surface area contributed by atoms with Crippen LogP contribution in [0, 0.1) is 5.92 Å². The molecule has 0 bridgehead atoms. The van der Waals surface area contributed by atoms with Crippen molar-refractivity contribution in [1.82, 2.24) is 9.88 Å². The van der Waals surface area contributed by atoms with Crippen LogP contribution < -0.4 is 5.32 Å². The number of likely N-dealkylation sites (tertiary alicyclic amines) is 1. The molecule has 2 aliphatic rings. The third kappa shape index (κ3) is 3.14. The fraction of sp³-hybridized carbons (Fsp3) is 0.706. The number of hydrogen-bond acceptors (Lipinski definition) is 3. The zero-order chi connectivity index (χ0) is 13.8. The quantitative estimate of drug-likeness (QED) is 0.887. The second kappa shape index (κ2) is 6.57. The van der Waals surface area contributed by atoms with E-state index in [1.54, 1.807) is 0 Å². The first-order chi connectivity index (χ1) is 9.86. The Morgan fingerprint density at radius 1 is 1.25 bits per heavy atom. The molecular weight excluding hydrogens is 246 g/mol. The van der Waals surface area contributed by atoms with Gasteiger partial charge in [0.25, 0.3) is 0 Å². The van der Waals surface area contributed by atoms with Crippen LogP contribution in [0.2, 0.25) is 0 Å². The molecule has 2 fully saturated rings. The first-order valence-electron chi connectivity index (χ1n) is 8.29. The lowest BCUT2D eigenvalue weighted by molar-refractivity contribution is 0.106. The Labute approximate surface area is 122 Å². The van der Waals surface area contributed by atoms with E-state index >= 15 is 0 Å². The molecule has 0 radical (unpaired) electrons. The zero-order valence-electron chi connectivity index (χ0n) is 12.6. The van der Waals surface area contributed by atoms with E-state index in [9.17, 15) is 0 Å². The number of hydrogen-bond donors (Lipinski definition) is 1. The highest BCUT2D eigenvalue weighted by Gasteiger charge is 2.34. The first-order valence-corrected chi connectivity index (χ1v) is 8.29. The van der Waals surface area contributed by atoms with E-state index in [4.69, 9.17) is 0 Å². The molecule has 1 saturated carbocycles. The maximum Gasteiger partial charge on any atom is 0.125 e. The SMILES string of the molecule is CCCNc1ccc(CN2CCCC3CCCC32)cn1. The third-order valence-corrected chi connectivity index (χ3v) is 4.87. The van der Waals surface area contributed by atoms with Gasteiger partial charge < -0.3 is 5.32 Å². The summed E-state index contributed by atoms with van der Waals surface area (Å²) in [5, 5.41) is 3.34. The highest BCUT2D eigenvalue weighted by Crippen LogP contribution is 2.37. The Morgan fingerprint density at radius 2 is 2.15 bits per heavy atom. The molecular formula is C17H27N3. The first kappa shape index (κ1) is 13.9. The highest BCUT2D eigenvalue weighted by atomic mass is 15.2. The second-order valence-corrected chi connectivity index (χ2v) is 6.35. The zero-order valence-corrected chi connectivity index (χ0v) is 12.6. The Bertz CT molecular complexity index is 415. The van der Waals surface area contributed by atoms with Gasteiger partial charge >= 0.3 is 0 Å². The van der Waals surface area contributed by atoms with Crippen molar-refractivity contribution in [2.24, 2.45) is 5.92 Å². The van der Waals surface area contributed by atoms with E-state index in [1.807, 2.05) is 0 Å². The van der Waals surface area contributed by atoms with E-state index in [2.05, 4.69) is 40.5 Å². The van der Waals surface area contributed by atoms with Crippen molar-refractivity contribution in [1.29, 1.82) is 0 Å². The van der Waals surface area contributed by atoms with Crippen LogP contribution in [0.4, 0.5) is 5.82 Å². The number of anilines is 1. The van der Waals surface area contributed by atoms with Crippen molar-refractivity contribution < 1.29 is 0 Å². The van der Waals surface area contributed by atoms with Crippen molar-refractivity contribution in [2.75, 3.05) is 18.4 Å². The van der Waals surface area contributed by atoms with Gasteiger partial charge in [0.05, 0.1) is 0 Å². The lowest BCUT2D eigenvalue weighted by Gasteiger charge is -2.37. The average molecular weight is 273 g/mol. The van der Waals surface area contributed by atoms with Gasteiger partial charge in [0.15, 0.2) is 0 Å². The summed E-state index contributed by atoms with van der Waals surface area (Å²) in [6.45, 7) is 5.54. The van der Waals surface area contributed by atoms with Crippen LogP contribution in [-0.4, -0.2) is 29.0 Å². The Hall–Kier alpha value is -1.09. The van der Waals surface area contributed by atoms with Crippen LogP contribution in [0.15, 0.2) is 18.3 Å². The third-order valence-electron chi connectivity index (χ3n) is 4.87. The molecule has 3 nitrogen and oxygen atoms in total. The smallest absolute Gasteiger partial charge is 0.125 e. The molecule has 0 aromatic carbocycles. The molecule has 3 heteroatoms. The molecule has 2 heterocycles. The Balaban J connectivity index is 1.59. The number of nitrogens with one attached hydrogen (secondary N) is 1. The molecule has 1 N–H and O–H groups in total. The fourth-order valence-electron chi connectivity index (χ4n) is 3.86. The van der Waals surface area contributed by atoms with Gasteiger partial charge in [0, 0.05) is 25.3 Å². The molecule has 2 unspecified atom stereocenters. The van der Waals surface area contributed by atoms with Gasteiger partial charge in [-0.25, -0.2) is 4.98 Å². The summed E-state index contributed by atoms with van der Waals surface area (Å²) >= 11 is 0. The molecule has 3 rings (SSSR count). The number of piperidine rings is 1. The predicted molar refractivity (Wildman–Crippen MR) is 83.8 cm³/mol. The van der Waals surface area contributed by atoms with Crippen molar-refractivity contribution in [2.45, 2.75) is 58.0 Å². The topological polar surface area (TPSA) is 28.2 Å². The number of pyridine rings is 1. The minimum absolute atomic E-state index is 0.849. The number of aromatic nitrogens is 1. The van der Waals surface area contributed by atoms with Crippen molar-refractivity contribution >= 4 is 5.82 Å². The maximum absolute atomic E-state index is 4.53. The fourth-order valence-corrected chi connectivity index (χ4v) is 3.86. The summed E-state index contributed by atoms with van der Waals surface area (Å²) in [7, 11) is 0. The van der Waals surface area contributed by atoms with Crippen LogP contribution in [0.25, 0.3) is 0 Å². The molecule has 1 aliphatic heterocycles. The van der Waals surface area contributed by atoms with Gasteiger partial charge in [0.2, 0.25) is 0 Å². The molecule has 1 saturated heterocycles. The molecule has 110 valence electrons. The van der Waals surface area contributed by atoms with Crippen LogP contribution >= 0.6 is 0 Å². The standard InChI is InChI=1S/C17H27N3/c1-2-10-18-17-9-8-14(12-19-17)13-20-11-4-6-15-5-3-7-16(15)20/h8-9,12,15-16H,2-7,10-11,13H2,1H3,(H,18,19). The highest BCUT2D eigenvalue weighted by molar-refractivity contribution is 5.35. The van der Waals surface area contributed by atoms with E-state index in [0.717, 1.165) is 37.3 Å². The molecule has 1 aromatic rings. The lowest BCUT2D eigenvalue weighted by atomic mass is 9.92. The largest absolute Gasteiger partial charge is 0.370 e. The summed E-state index contributed by atoms with van der Waals surface area (Å²) in [6.07, 6.45) is 10.3. The predicted octanol–water partition coefficient (Wildman–Crippen LogP) is 3.67. The Kier molecular flexibility index (Phi) is 4.56. The second-order valence-electron chi connectivity index (χ2n) is 6.35. The summed E-state index contributed by atoms with van der Waals surface area (Å²) in [4.78, 5) is 7.24. The lowest BCUT2D eigenvalue weighted by Crippen LogP contribution is -2.41. The molecule has 2 atom stereocenters. The minimum atomic E-state index is 0.849. The van der Waals surface area contributed by atoms with Crippen LogP contribution in [-0.2, 0) is 6.54 Å². The van der Waals surface area contributed by atoms with Gasteiger partial charge in [-0.3, -0.25) is 4.90 Å². The monoisotopic (exact) mass is 273 g/mol. The van der Waals surface area contributed by atoms with Crippen LogP contribution in [0.1, 0.15) is 51.0 Å². The molecule has 1 aliphatic carbocycles. The van der Waals surface area contributed by atoms with Crippen molar-refractivity contribution in [3.63, 3.8) is 0 Å². The normalized spacial score (nSPS) is 26.4. The summed E-state index contributed by atoms with van der Waals surface area (Å²) in [5.74, 6) is 1.98. The summed E-state index contributed by atoms with van der Waals surface area (Å²) in [6, 6.07) is 5.21. The van der Waals surface area contributed by atoms with Crippen molar-refractivity contribution in [3.8, 4) is 0 Å².